The van der Waals surface area contributed by atoms with Gasteiger partial charge in [0.1, 0.15) is 13.2 Å². The summed E-state index contributed by atoms with van der Waals surface area (Å²) in [5.41, 5.74) is 0. The van der Waals surface area contributed by atoms with Crippen molar-refractivity contribution in [1.82, 2.24) is 5.32 Å². The number of amides is 1. The zero-order chi connectivity index (χ0) is 36.5. The van der Waals surface area contributed by atoms with Gasteiger partial charge in [-0.15, -0.1) is 0 Å². The van der Waals surface area contributed by atoms with Crippen molar-refractivity contribution in [2.75, 3.05) is 40.9 Å². The Kier molecular flexibility index (Phi) is 32.6. The summed E-state index contributed by atoms with van der Waals surface area (Å²) in [4.78, 5) is 23.0. The third-order valence-corrected chi connectivity index (χ3v) is 10.2. The van der Waals surface area contributed by atoms with Gasteiger partial charge in [0.15, 0.2) is 0 Å². The Morgan fingerprint density at radius 3 is 1.51 bits per heavy atom. The molecule has 8 nitrogen and oxygen atoms in total. The molecule has 0 aromatic heterocycles. The number of phosphoric ester groups is 1. The zero-order valence-corrected chi connectivity index (χ0v) is 33.8. The van der Waals surface area contributed by atoms with Crippen molar-refractivity contribution in [2.45, 2.75) is 199 Å². The predicted octanol–water partition coefficient (Wildman–Crippen LogP) is 10.8. The summed E-state index contributed by atoms with van der Waals surface area (Å²) in [6.45, 7) is 4.81. The lowest BCUT2D eigenvalue weighted by atomic mass is 10.0. The Labute approximate surface area is 303 Å². The number of allylic oxidation sites excluding steroid dienone is 1. The molecule has 0 aromatic rings. The minimum absolute atomic E-state index is 0.0643. The molecule has 3 atom stereocenters. The fraction of sp³-hybridized carbons (Fsp3) is 0.925. The summed E-state index contributed by atoms with van der Waals surface area (Å²) in [6, 6.07) is -0.838. The molecule has 292 valence electrons. The quantitative estimate of drug-likeness (QED) is 0.0256. The molecule has 49 heavy (non-hydrogen) atoms. The van der Waals surface area contributed by atoms with Gasteiger partial charge in [-0.2, -0.15) is 0 Å². The van der Waals surface area contributed by atoms with E-state index >= 15 is 0 Å². The van der Waals surface area contributed by atoms with Crippen molar-refractivity contribution in [2.24, 2.45) is 0 Å². The van der Waals surface area contributed by atoms with Crippen LogP contribution in [-0.2, 0) is 18.4 Å². The summed E-state index contributed by atoms with van der Waals surface area (Å²) in [5, 5.41) is 13.8. The van der Waals surface area contributed by atoms with E-state index in [1.54, 1.807) is 6.08 Å². The van der Waals surface area contributed by atoms with Crippen LogP contribution in [-0.4, -0.2) is 73.4 Å². The van der Waals surface area contributed by atoms with Crippen LogP contribution in [0.3, 0.4) is 0 Å². The third-order valence-electron chi connectivity index (χ3n) is 9.26. The van der Waals surface area contributed by atoms with Gasteiger partial charge >= 0.3 is 7.82 Å². The van der Waals surface area contributed by atoms with E-state index in [-0.39, 0.29) is 19.1 Å². The van der Waals surface area contributed by atoms with E-state index in [4.69, 9.17) is 9.05 Å². The maximum absolute atomic E-state index is 12.8. The topological polar surface area (TPSA) is 105 Å². The largest absolute Gasteiger partial charge is 0.472 e. The predicted molar refractivity (Wildman–Crippen MR) is 208 cm³/mol. The standard InChI is InChI=1S/C40H81N2O6P/c1-6-8-10-12-14-16-18-20-22-24-26-28-30-32-34-40(44)41-38(37-48-49(45,46)47-36-35-42(3,4)5)39(43)33-31-29-27-25-23-21-19-17-15-13-11-9-7-2/h31,33,38-39,43H,6-30,32,34-37H2,1-5H3,(H-,41,44,45,46)/p+1/b33-31+/t38-,39+/m1/s1. The molecule has 0 saturated heterocycles. The average molecular weight is 718 g/mol. The van der Waals surface area contributed by atoms with Crippen LogP contribution >= 0.6 is 7.82 Å². The van der Waals surface area contributed by atoms with Crippen LogP contribution in [0.15, 0.2) is 12.2 Å². The minimum Gasteiger partial charge on any atom is -0.387 e. The number of likely N-dealkylation sites (N-methyl/N-ethyl adjacent to an activating group) is 1. The molecule has 0 rings (SSSR count). The van der Waals surface area contributed by atoms with Crippen molar-refractivity contribution in [1.29, 1.82) is 0 Å². The maximum Gasteiger partial charge on any atom is 0.472 e. The molecule has 9 heteroatoms. The number of nitrogens with zero attached hydrogens (tertiary/aromatic N) is 1. The normalized spacial score (nSPS) is 14.7. The molecule has 0 aliphatic heterocycles. The summed E-state index contributed by atoms with van der Waals surface area (Å²) in [5.74, 6) is -0.177. The molecule has 0 saturated carbocycles. The van der Waals surface area contributed by atoms with Gasteiger partial charge in [0.05, 0.1) is 39.9 Å². The summed E-state index contributed by atoms with van der Waals surface area (Å²) >= 11 is 0. The van der Waals surface area contributed by atoms with Crippen LogP contribution in [0.1, 0.15) is 187 Å². The highest BCUT2D eigenvalue weighted by atomic mass is 31.2. The Bertz CT molecular complexity index is 819. The second kappa shape index (κ2) is 33.1. The van der Waals surface area contributed by atoms with Gasteiger partial charge in [-0.1, -0.05) is 174 Å². The highest BCUT2D eigenvalue weighted by Gasteiger charge is 2.27. The maximum atomic E-state index is 12.8. The Morgan fingerprint density at radius 2 is 1.08 bits per heavy atom. The van der Waals surface area contributed by atoms with Gasteiger partial charge in [0.25, 0.3) is 0 Å². The number of hydrogen-bond donors (Lipinski definition) is 3. The number of rotatable bonds is 37. The molecule has 0 radical (unpaired) electrons. The molecule has 3 N–H and O–H groups in total. The van der Waals surface area contributed by atoms with Gasteiger partial charge in [-0.3, -0.25) is 13.8 Å². The van der Waals surface area contributed by atoms with Crippen LogP contribution in [0.2, 0.25) is 0 Å². The van der Waals surface area contributed by atoms with Gasteiger partial charge < -0.3 is 19.8 Å². The molecule has 0 aromatic carbocycles. The van der Waals surface area contributed by atoms with E-state index in [0.717, 1.165) is 38.5 Å². The third kappa shape index (κ3) is 35.4. The Morgan fingerprint density at radius 1 is 0.673 bits per heavy atom. The van der Waals surface area contributed by atoms with E-state index in [1.807, 2.05) is 27.2 Å². The second-order valence-corrected chi connectivity index (χ2v) is 16.8. The lowest BCUT2D eigenvalue weighted by Gasteiger charge is -2.25. The lowest BCUT2D eigenvalue weighted by molar-refractivity contribution is -0.870. The van der Waals surface area contributed by atoms with Gasteiger partial charge in [0, 0.05) is 6.42 Å². The smallest absolute Gasteiger partial charge is 0.387 e. The summed E-state index contributed by atoms with van der Waals surface area (Å²) < 4.78 is 23.5. The number of unbranched alkanes of at least 4 members (excludes halogenated alkanes) is 24. The van der Waals surface area contributed by atoms with Crippen LogP contribution in [0.5, 0.6) is 0 Å². The first-order valence-corrected chi connectivity index (χ1v) is 22.1. The molecule has 0 spiro atoms. The molecular weight excluding hydrogens is 635 g/mol. The van der Waals surface area contributed by atoms with Crippen molar-refractivity contribution in [3.05, 3.63) is 12.2 Å². The number of quaternary nitrogens is 1. The zero-order valence-electron chi connectivity index (χ0n) is 32.9. The first-order valence-electron chi connectivity index (χ1n) is 20.6. The summed E-state index contributed by atoms with van der Waals surface area (Å²) in [7, 11) is 1.58. The van der Waals surface area contributed by atoms with Gasteiger partial charge in [-0.05, 0) is 19.3 Å². The number of phosphoric acid groups is 1. The fourth-order valence-corrected chi connectivity index (χ4v) is 6.66. The number of carbonyl (C=O) groups excluding carboxylic acids is 1. The second-order valence-electron chi connectivity index (χ2n) is 15.4. The average Bonchev–Trinajstić information content (AvgIpc) is 3.04. The number of nitrogens with one attached hydrogen (secondary N) is 1. The van der Waals surface area contributed by atoms with E-state index in [2.05, 4.69) is 19.2 Å². The van der Waals surface area contributed by atoms with E-state index in [0.29, 0.717) is 17.4 Å². The molecule has 0 fully saturated rings. The molecule has 0 aliphatic rings. The van der Waals surface area contributed by atoms with Crippen LogP contribution < -0.4 is 5.32 Å². The molecule has 0 bridgehead atoms. The molecule has 1 unspecified atom stereocenters. The summed E-state index contributed by atoms with van der Waals surface area (Å²) in [6.07, 6.45) is 35.5. The SMILES string of the molecule is CCCCCCCCCCCCC/C=C/[C@H](O)[C@@H](COP(=O)(O)OCC[N+](C)(C)C)NC(=O)CCCCCCCCCCCCCCCC. The van der Waals surface area contributed by atoms with E-state index in [9.17, 15) is 19.4 Å². The molecule has 0 heterocycles. The van der Waals surface area contributed by atoms with Crippen molar-refractivity contribution in [3.8, 4) is 0 Å². The molecule has 1 amide bonds. The monoisotopic (exact) mass is 718 g/mol. The minimum atomic E-state index is -4.32. The number of aliphatic hydroxyl groups excluding tert-OH is 1. The highest BCUT2D eigenvalue weighted by Crippen LogP contribution is 2.43. The highest BCUT2D eigenvalue weighted by molar-refractivity contribution is 7.47. The lowest BCUT2D eigenvalue weighted by Crippen LogP contribution is -2.45. The van der Waals surface area contributed by atoms with Crippen LogP contribution in [0.4, 0.5) is 0 Å². The fourth-order valence-electron chi connectivity index (χ4n) is 5.92. The first-order chi connectivity index (χ1) is 23.5. The van der Waals surface area contributed by atoms with Crippen LogP contribution in [0.25, 0.3) is 0 Å². The Hall–Kier alpha value is -0.760. The molecular formula is C40H82N2O6P+. The van der Waals surface area contributed by atoms with Crippen molar-refractivity contribution in [3.63, 3.8) is 0 Å². The van der Waals surface area contributed by atoms with Crippen molar-refractivity contribution < 1.29 is 32.9 Å². The Balaban J connectivity index is 4.47. The first kappa shape index (κ1) is 48.2. The molecule has 0 aliphatic carbocycles. The van der Waals surface area contributed by atoms with Crippen LogP contribution in [0, 0.1) is 0 Å². The number of carbonyl (C=O) groups is 1. The van der Waals surface area contributed by atoms with Gasteiger partial charge in [-0.25, -0.2) is 4.57 Å². The number of aliphatic hydroxyl groups is 1. The number of hydrogen-bond acceptors (Lipinski definition) is 5. The van der Waals surface area contributed by atoms with E-state index in [1.165, 1.54) is 128 Å². The van der Waals surface area contributed by atoms with E-state index < -0.39 is 20.0 Å². The van der Waals surface area contributed by atoms with Crippen molar-refractivity contribution >= 4 is 13.7 Å². The van der Waals surface area contributed by atoms with Gasteiger partial charge in [0.2, 0.25) is 5.91 Å².